The van der Waals surface area contributed by atoms with Gasteiger partial charge >= 0.3 is 0 Å². The molecule has 0 heterocycles. The fraction of sp³-hybridized carbons (Fsp3) is 0.0667. The summed E-state index contributed by atoms with van der Waals surface area (Å²) in [6.07, 6.45) is 0. The molecule has 0 amide bonds. The van der Waals surface area contributed by atoms with Crippen LogP contribution in [0.1, 0.15) is 21.8 Å². The topological polar surface area (TPSA) is 40.9 Å². The van der Waals surface area contributed by atoms with Crippen molar-refractivity contribution in [3.63, 3.8) is 0 Å². The van der Waals surface area contributed by atoms with E-state index >= 15 is 0 Å². The summed E-state index contributed by atoms with van der Waals surface area (Å²) in [5, 5.41) is 9.03. The molecule has 0 aliphatic rings. The summed E-state index contributed by atoms with van der Waals surface area (Å²) in [5.41, 5.74) is -0.603. The number of halogens is 4. The molecule has 0 N–H and O–H groups in total. The third-order valence-electron chi connectivity index (χ3n) is 2.76. The van der Waals surface area contributed by atoms with Gasteiger partial charge in [-0.25, -0.2) is 17.6 Å². The first-order valence-electron chi connectivity index (χ1n) is 5.76. The normalized spacial score (nSPS) is 11.8. The van der Waals surface area contributed by atoms with Crippen LogP contribution in [0.15, 0.2) is 36.4 Å². The van der Waals surface area contributed by atoms with Gasteiger partial charge in [0, 0.05) is 17.7 Å². The summed E-state index contributed by atoms with van der Waals surface area (Å²) in [7, 11) is 0. The van der Waals surface area contributed by atoms with Gasteiger partial charge in [0.15, 0.2) is 5.78 Å². The van der Waals surface area contributed by atoms with Gasteiger partial charge in [-0.1, -0.05) is 0 Å². The molecule has 21 heavy (non-hydrogen) atoms. The van der Waals surface area contributed by atoms with Crippen LogP contribution < -0.4 is 0 Å². The number of hydrogen-bond donors (Lipinski definition) is 0. The molecule has 2 nitrogen and oxygen atoms in total. The zero-order valence-corrected chi connectivity index (χ0v) is 10.4. The van der Waals surface area contributed by atoms with Crippen molar-refractivity contribution in [2.45, 2.75) is 5.92 Å². The molecule has 0 aliphatic carbocycles. The maximum Gasteiger partial charge on any atom is 0.184 e. The van der Waals surface area contributed by atoms with E-state index in [-0.39, 0.29) is 11.1 Å². The molecule has 106 valence electrons. The fourth-order valence-electron chi connectivity index (χ4n) is 1.89. The minimum Gasteiger partial charge on any atom is -0.292 e. The maximum atomic E-state index is 13.1. The van der Waals surface area contributed by atoms with E-state index in [1.165, 1.54) is 0 Å². The summed E-state index contributed by atoms with van der Waals surface area (Å²) >= 11 is 0. The standard InChI is InChI=1S/C15H7F4NO/c16-10-1-8(2-11(17)5-10)14(7-20)15(21)9-3-12(18)6-13(19)4-9/h1-6,14H. The highest BCUT2D eigenvalue weighted by molar-refractivity contribution is 6.02. The zero-order valence-electron chi connectivity index (χ0n) is 10.4. The van der Waals surface area contributed by atoms with Crippen LogP contribution in [0.5, 0.6) is 0 Å². The minimum absolute atomic E-state index is 0.218. The van der Waals surface area contributed by atoms with E-state index in [0.717, 1.165) is 24.3 Å². The number of nitriles is 1. The average Bonchev–Trinajstić information content (AvgIpc) is 2.37. The van der Waals surface area contributed by atoms with Gasteiger partial charge in [0.25, 0.3) is 0 Å². The molecule has 2 rings (SSSR count). The maximum absolute atomic E-state index is 13.1. The van der Waals surface area contributed by atoms with Gasteiger partial charge in [-0.05, 0) is 29.8 Å². The second kappa shape index (κ2) is 5.75. The Kier molecular flexibility index (Phi) is 4.03. The van der Waals surface area contributed by atoms with Gasteiger partial charge in [0.2, 0.25) is 0 Å². The lowest BCUT2D eigenvalue weighted by atomic mass is 9.91. The number of hydrogen-bond acceptors (Lipinski definition) is 2. The van der Waals surface area contributed by atoms with Crippen LogP contribution in [0.4, 0.5) is 17.6 Å². The molecule has 1 atom stereocenters. The van der Waals surface area contributed by atoms with E-state index in [1.54, 1.807) is 6.07 Å². The summed E-state index contributed by atoms with van der Waals surface area (Å²) in [5.74, 6) is -6.38. The van der Waals surface area contributed by atoms with Gasteiger partial charge in [0.05, 0.1) is 6.07 Å². The number of ketones is 1. The predicted octanol–water partition coefficient (Wildman–Crippen LogP) is 3.73. The third-order valence-corrected chi connectivity index (χ3v) is 2.76. The molecule has 0 saturated heterocycles. The van der Waals surface area contributed by atoms with Crippen molar-refractivity contribution in [1.82, 2.24) is 0 Å². The van der Waals surface area contributed by atoms with Crippen molar-refractivity contribution in [1.29, 1.82) is 5.26 Å². The van der Waals surface area contributed by atoms with Gasteiger partial charge < -0.3 is 0 Å². The number of benzene rings is 2. The minimum atomic E-state index is -1.56. The van der Waals surface area contributed by atoms with Crippen LogP contribution in [-0.2, 0) is 0 Å². The molecule has 0 radical (unpaired) electrons. The molecule has 6 heteroatoms. The molecule has 0 saturated carbocycles. The number of carbonyl (C=O) groups is 1. The second-order valence-electron chi connectivity index (χ2n) is 4.29. The molecule has 2 aromatic carbocycles. The first kappa shape index (κ1) is 14.7. The Hall–Kier alpha value is -2.68. The van der Waals surface area contributed by atoms with Crippen LogP contribution in [-0.4, -0.2) is 5.78 Å². The van der Waals surface area contributed by atoms with Gasteiger partial charge in [-0.15, -0.1) is 0 Å². The summed E-state index contributed by atoms with van der Waals surface area (Å²) in [6, 6.07) is 5.90. The van der Waals surface area contributed by atoms with E-state index in [0.29, 0.717) is 12.1 Å². The molecule has 0 spiro atoms. The largest absolute Gasteiger partial charge is 0.292 e. The Labute approximate surface area is 117 Å². The van der Waals surface area contributed by atoms with E-state index in [1.807, 2.05) is 0 Å². The highest BCUT2D eigenvalue weighted by atomic mass is 19.1. The number of Topliss-reactive ketones (excluding diaryl/α,β-unsaturated/α-hetero) is 1. The molecule has 0 fully saturated rings. The van der Waals surface area contributed by atoms with Gasteiger partial charge in [0.1, 0.15) is 29.2 Å². The molecule has 0 bridgehead atoms. The first-order valence-corrected chi connectivity index (χ1v) is 5.76. The SMILES string of the molecule is N#CC(C(=O)c1cc(F)cc(F)c1)c1cc(F)cc(F)c1. The van der Waals surface area contributed by atoms with Crippen LogP contribution >= 0.6 is 0 Å². The van der Waals surface area contributed by atoms with E-state index in [9.17, 15) is 22.4 Å². The monoisotopic (exact) mass is 293 g/mol. The van der Waals surface area contributed by atoms with Crippen LogP contribution in [0.25, 0.3) is 0 Å². The van der Waals surface area contributed by atoms with Crippen molar-refractivity contribution in [3.8, 4) is 6.07 Å². The van der Waals surface area contributed by atoms with Crippen molar-refractivity contribution in [3.05, 3.63) is 70.8 Å². The lowest BCUT2D eigenvalue weighted by molar-refractivity contribution is 0.0978. The average molecular weight is 293 g/mol. The quantitative estimate of drug-likeness (QED) is 0.639. The van der Waals surface area contributed by atoms with E-state index in [4.69, 9.17) is 5.26 Å². The second-order valence-corrected chi connectivity index (χ2v) is 4.29. The number of rotatable bonds is 3. The Balaban J connectivity index is 2.46. The Morgan fingerprint density at radius 3 is 1.71 bits per heavy atom. The highest BCUT2D eigenvalue weighted by Gasteiger charge is 2.24. The summed E-state index contributed by atoms with van der Waals surface area (Å²) in [4.78, 5) is 12.1. The molecule has 0 aromatic heterocycles. The summed E-state index contributed by atoms with van der Waals surface area (Å²) in [6.45, 7) is 0. The highest BCUT2D eigenvalue weighted by Crippen LogP contribution is 2.23. The number of carbonyl (C=O) groups excluding carboxylic acids is 1. The van der Waals surface area contributed by atoms with Crippen molar-refractivity contribution in [2.24, 2.45) is 0 Å². The van der Waals surface area contributed by atoms with Crippen molar-refractivity contribution in [2.75, 3.05) is 0 Å². The number of nitrogens with zero attached hydrogens (tertiary/aromatic N) is 1. The van der Waals surface area contributed by atoms with Crippen LogP contribution in [0.3, 0.4) is 0 Å². The van der Waals surface area contributed by atoms with Crippen molar-refractivity contribution < 1.29 is 22.4 Å². The lowest BCUT2D eigenvalue weighted by Gasteiger charge is -2.09. The Morgan fingerprint density at radius 2 is 1.29 bits per heavy atom. The van der Waals surface area contributed by atoms with Gasteiger partial charge in [-0.2, -0.15) is 5.26 Å². The molecule has 2 aromatic rings. The van der Waals surface area contributed by atoms with Crippen LogP contribution in [0, 0.1) is 34.6 Å². The molecule has 0 aliphatic heterocycles. The first-order chi connectivity index (χ1) is 9.90. The summed E-state index contributed by atoms with van der Waals surface area (Å²) < 4.78 is 52.5. The molecular weight excluding hydrogens is 286 g/mol. The predicted molar refractivity (Wildman–Crippen MR) is 65.4 cm³/mol. The Morgan fingerprint density at radius 1 is 0.857 bits per heavy atom. The van der Waals surface area contributed by atoms with E-state index in [2.05, 4.69) is 0 Å². The van der Waals surface area contributed by atoms with Crippen molar-refractivity contribution >= 4 is 5.78 Å². The van der Waals surface area contributed by atoms with Gasteiger partial charge in [-0.3, -0.25) is 4.79 Å². The fourth-order valence-corrected chi connectivity index (χ4v) is 1.89. The molecule has 1 unspecified atom stereocenters. The smallest absolute Gasteiger partial charge is 0.184 e. The lowest BCUT2D eigenvalue weighted by Crippen LogP contribution is -2.12. The van der Waals surface area contributed by atoms with E-state index < -0.39 is 35.0 Å². The van der Waals surface area contributed by atoms with Crippen LogP contribution in [0.2, 0.25) is 0 Å². The Bertz CT molecular complexity index is 711. The molecular formula is C15H7F4NO. The third kappa shape index (κ3) is 3.26. The zero-order chi connectivity index (χ0) is 15.6.